The Labute approximate surface area is 175 Å². The molecule has 0 aromatic heterocycles. The average molecular weight is 470 g/mol. The van der Waals surface area contributed by atoms with E-state index in [4.69, 9.17) is 9.47 Å². The van der Waals surface area contributed by atoms with Gasteiger partial charge in [0, 0.05) is 10.9 Å². The number of benzene rings is 1. The molecule has 150 valence electrons. The smallest absolute Gasteiger partial charge is 0.344 e. The van der Waals surface area contributed by atoms with Crippen LogP contribution in [0.4, 0.5) is 0 Å². The van der Waals surface area contributed by atoms with Crippen LogP contribution in [-0.4, -0.2) is 40.3 Å². The predicted octanol–water partition coefficient (Wildman–Crippen LogP) is 4.35. The van der Waals surface area contributed by atoms with E-state index in [1.807, 2.05) is 0 Å². The van der Waals surface area contributed by atoms with Gasteiger partial charge in [-0.3, -0.25) is 4.79 Å². The van der Waals surface area contributed by atoms with Crippen molar-refractivity contribution in [3.8, 4) is 11.5 Å². The van der Waals surface area contributed by atoms with Crippen LogP contribution in [-0.2, 0) is 14.3 Å². The number of nitrogens with zero attached hydrogens (tertiary/aromatic N) is 1. The van der Waals surface area contributed by atoms with Gasteiger partial charge in [-0.2, -0.15) is 0 Å². The maximum Gasteiger partial charge on any atom is 0.344 e. The van der Waals surface area contributed by atoms with Crippen molar-refractivity contribution in [1.82, 2.24) is 0 Å². The average Bonchev–Trinajstić information content (AvgIpc) is 2.94. The van der Waals surface area contributed by atoms with Crippen molar-refractivity contribution >= 4 is 50.7 Å². The van der Waals surface area contributed by atoms with Crippen LogP contribution in [0.3, 0.4) is 0 Å². The maximum absolute atomic E-state index is 12.2. The Bertz CT molecular complexity index is 891. The van der Waals surface area contributed by atoms with Crippen molar-refractivity contribution in [3.63, 3.8) is 0 Å². The molecular weight excluding hydrogens is 450 g/mol. The van der Waals surface area contributed by atoms with Gasteiger partial charge in [0.2, 0.25) is 5.91 Å². The molecule has 0 unspecified atom stereocenters. The Morgan fingerprint density at radius 3 is 2.54 bits per heavy atom. The zero-order chi connectivity index (χ0) is 20.8. The van der Waals surface area contributed by atoms with Crippen LogP contribution >= 0.6 is 27.7 Å². The molecule has 28 heavy (non-hydrogen) atoms. The van der Waals surface area contributed by atoms with Crippen molar-refractivity contribution in [2.75, 3.05) is 13.2 Å². The van der Waals surface area contributed by atoms with Crippen LogP contribution in [0.15, 0.2) is 37.8 Å². The molecular formula is C19H20BrNO6S. The van der Waals surface area contributed by atoms with Gasteiger partial charge in [-0.25, -0.2) is 9.79 Å². The molecule has 0 radical (unpaired) electrons. The molecule has 1 heterocycles. The lowest BCUT2D eigenvalue weighted by atomic mass is 10.1. The fourth-order valence-electron chi connectivity index (χ4n) is 2.27. The van der Waals surface area contributed by atoms with Gasteiger partial charge in [0.1, 0.15) is 16.4 Å². The Morgan fingerprint density at radius 2 is 1.93 bits per heavy atom. The number of rotatable bonds is 6. The third-order valence-electron chi connectivity index (χ3n) is 3.56. The summed E-state index contributed by atoms with van der Waals surface area (Å²) in [6, 6.07) is 3.07. The standard InChI is InChI=1S/C19H20BrNO6S/c1-4-15(23)21-18-16(19(25)27-6-3)17(24)14(28-18)8-10-7-13(26-5-2)12(22)9-11(10)20/h7-9,22,24H,4-6H2,1-3H3/b14-8-,21-18?. The summed E-state index contributed by atoms with van der Waals surface area (Å²) in [7, 11) is 0. The molecule has 0 fully saturated rings. The number of hydrogen-bond donors (Lipinski definition) is 2. The highest BCUT2D eigenvalue weighted by molar-refractivity contribution is 9.10. The molecule has 0 atom stereocenters. The molecule has 0 saturated heterocycles. The van der Waals surface area contributed by atoms with Crippen LogP contribution in [0.5, 0.6) is 11.5 Å². The summed E-state index contributed by atoms with van der Waals surface area (Å²) in [5.41, 5.74) is 0.460. The number of phenols is 1. The molecule has 0 aliphatic carbocycles. The van der Waals surface area contributed by atoms with E-state index < -0.39 is 11.9 Å². The number of aromatic hydroxyl groups is 1. The van der Waals surface area contributed by atoms with Gasteiger partial charge in [-0.05, 0) is 37.6 Å². The van der Waals surface area contributed by atoms with E-state index in [2.05, 4.69) is 20.9 Å². The number of carbonyl (C=O) groups excluding carboxylic acids is 2. The molecule has 1 aliphatic heterocycles. The highest BCUT2D eigenvalue weighted by Gasteiger charge is 2.33. The molecule has 7 nitrogen and oxygen atoms in total. The monoisotopic (exact) mass is 469 g/mol. The van der Waals surface area contributed by atoms with Crippen LogP contribution in [0, 0.1) is 0 Å². The number of thioether (sulfide) groups is 1. The van der Waals surface area contributed by atoms with Gasteiger partial charge >= 0.3 is 5.97 Å². The van der Waals surface area contributed by atoms with E-state index >= 15 is 0 Å². The minimum atomic E-state index is -0.752. The molecule has 9 heteroatoms. The van der Waals surface area contributed by atoms with Crippen molar-refractivity contribution in [2.45, 2.75) is 27.2 Å². The first-order chi connectivity index (χ1) is 13.3. The number of aliphatic imine (C=N–C) groups is 1. The Hall–Kier alpha value is -2.26. The number of ether oxygens (including phenoxy) is 2. The minimum Gasteiger partial charge on any atom is -0.506 e. The van der Waals surface area contributed by atoms with E-state index in [0.717, 1.165) is 11.8 Å². The van der Waals surface area contributed by atoms with Crippen LogP contribution in [0.25, 0.3) is 6.08 Å². The number of amides is 1. The topological polar surface area (TPSA) is 105 Å². The van der Waals surface area contributed by atoms with Gasteiger partial charge < -0.3 is 19.7 Å². The quantitative estimate of drug-likeness (QED) is 0.596. The third kappa shape index (κ3) is 4.96. The summed E-state index contributed by atoms with van der Waals surface area (Å²) in [5, 5.41) is 20.6. The fraction of sp³-hybridized carbons (Fsp3) is 0.316. The molecule has 2 rings (SSSR count). The van der Waals surface area contributed by atoms with Gasteiger partial charge in [-0.15, -0.1) is 0 Å². The number of aliphatic hydroxyl groups excluding tert-OH is 1. The van der Waals surface area contributed by atoms with Crippen LogP contribution in [0.1, 0.15) is 32.8 Å². The first-order valence-electron chi connectivity index (χ1n) is 8.59. The first kappa shape index (κ1) is 22.0. The zero-order valence-corrected chi connectivity index (χ0v) is 18.0. The summed E-state index contributed by atoms with van der Waals surface area (Å²) in [6.45, 7) is 5.58. The summed E-state index contributed by atoms with van der Waals surface area (Å²) < 4.78 is 10.9. The first-order valence-corrected chi connectivity index (χ1v) is 10.2. The number of phenolic OH excluding ortho intramolecular Hbond substituents is 1. The Balaban J connectivity index is 2.54. The van der Waals surface area contributed by atoms with E-state index in [1.165, 1.54) is 6.07 Å². The second kappa shape index (κ2) is 9.79. The van der Waals surface area contributed by atoms with Crippen molar-refractivity contribution < 1.29 is 29.3 Å². The molecule has 1 aromatic carbocycles. The molecule has 0 spiro atoms. The van der Waals surface area contributed by atoms with Gasteiger partial charge in [0.25, 0.3) is 0 Å². The SMILES string of the molecule is CCOC(=O)C1=C(O)/C(=C/c2cc(OCC)c(O)cc2Br)SC1=NC(=O)CC. The van der Waals surface area contributed by atoms with E-state index in [9.17, 15) is 19.8 Å². The lowest BCUT2D eigenvalue weighted by Crippen LogP contribution is -2.14. The van der Waals surface area contributed by atoms with Crippen LogP contribution < -0.4 is 4.74 Å². The second-order valence-electron chi connectivity index (χ2n) is 5.49. The minimum absolute atomic E-state index is 0.0299. The molecule has 1 aliphatic rings. The lowest BCUT2D eigenvalue weighted by Gasteiger charge is -2.09. The molecule has 1 aromatic rings. The number of aliphatic hydroxyl groups is 1. The van der Waals surface area contributed by atoms with Gasteiger partial charge in [-0.1, -0.05) is 34.6 Å². The Kier molecular flexibility index (Phi) is 7.70. The largest absolute Gasteiger partial charge is 0.506 e. The van der Waals surface area contributed by atoms with E-state index in [0.29, 0.717) is 21.5 Å². The normalized spacial score (nSPS) is 16.7. The second-order valence-corrected chi connectivity index (χ2v) is 7.38. The van der Waals surface area contributed by atoms with Gasteiger partial charge in [0.15, 0.2) is 11.5 Å². The van der Waals surface area contributed by atoms with Crippen molar-refractivity contribution in [2.24, 2.45) is 4.99 Å². The van der Waals surface area contributed by atoms with Crippen molar-refractivity contribution in [3.05, 3.63) is 38.4 Å². The lowest BCUT2D eigenvalue weighted by molar-refractivity contribution is -0.138. The number of hydrogen-bond acceptors (Lipinski definition) is 7. The molecule has 0 saturated carbocycles. The Morgan fingerprint density at radius 1 is 1.21 bits per heavy atom. The van der Waals surface area contributed by atoms with E-state index in [1.54, 1.807) is 32.9 Å². The van der Waals surface area contributed by atoms with Crippen molar-refractivity contribution in [1.29, 1.82) is 0 Å². The highest BCUT2D eigenvalue weighted by Crippen LogP contribution is 2.41. The van der Waals surface area contributed by atoms with E-state index in [-0.39, 0.29) is 40.9 Å². The molecule has 1 amide bonds. The third-order valence-corrected chi connectivity index (χ3v) is 5.27. The molecule has 2 N–H and O–H groups in total. The fourth-order valence-corrected chi connectivity index (χ4v) is 3.73. The maximum atomic E-state index is 12.2. The van der Waals surface area contributed by atoms with Crippen LogP contribution in [0.2, 0.25) is 0 Å². The van der Waals surface area contributed by atoms with Gasteiger partial charge in [0.05, 0.1) is 18.1 Å². The summed E-state index contributed by atoms with van der Waals surface area (Å²) in [6.07, 6.45) is 1.77. The highest BCUT2D eigenvalue weighted by atomic mass is 79.9. The number of halogens is 1. The molecule has 0 bridgehead atoms. The number of carbonyl (C=O) groups is 2. The predicted molar refractivity (Wildman–Crippen MR) is 112 cm³/mol. The summed E-state index contributed by atoms with van der Waals surface area (Å²) in [4.78, 5) is 28.2. The summed E-state index contributed by atoms with van der Waals surface area (Å²) in [5.74, 6) is -1.23. The zero-order valence-electron chi connectivity index (χ0n) is 15.6. The summed E-state index contributed by atoms with van der Waals surface area (Å²) >= 11 is 4.34. The number of esters is 1.